The summed E-state index contributed by atoms with van der Waals surface area (Å²) in [6.07, 6.45) is 0. The number of carbonyl (C=O) groups is 1. The van der Waals surface area contributed by atoms with E-state index in [9.17, 15) is 4.79 Å². The van der Waals surface area contributed by atoms with Crippen LogP contribution >= 0.6 is 11.8 Å². The Morgan fingerprint density at radius 2 is 1.78 bits per heavy atom. The van der Waals surface area contributed by atoms with E-state index in [1.165, 1.54) is 17.3 Å². The third kappa shape index (κ3) is 5.86. The summed E-state index contributed by atoms with van der Waals surface area (Å²) in [6.45, 7) is 6.34. The van der Waals surface area contributed by atoms with Crippen molar-refractivity contribution in [2.75, 3.05) is 11.1 Å². The quantitative estimate of drug-likeness (QED) is 0.603. The molecule has 3 aromatic rings. The summed E-state index contributed by atoms with van der Waals surface area (Å²) in [4.78, 5) is 16.5. The van der Waals surface area contributed by atoms with Gasteiger partial charge in [0.05, 0.1) is 5.75 Å². The number of aromatic nitrogens is 3. The van der Waals surface area contributed by atoms with E-state index in [4.69, 9.17) is 4.74 Å². The largest absolute Gasteiger partial charge is 0.486 e. The first kappa shape index (κ1) is 19.0. The van der Waals surface area contributed by atoms with E-state index < -0.39 is 0 Å². The Morgan fingerprint density at radius 1 is 1.07 bits per heavy atom. The Labute approximate surface area is 162 Å². The number of rotatable bonds is 7. The summed E-state index contributed by atoms with van der Waals surface area (Å²) in [5.41, 5.74) is 4.22. The van der Waals surface area contributed by atoms with Gasteiger partial charge < -0.3 is 10.1 Å². The maximum absolute atomic E-state index is 12.1. The highest BCUT2D eigenvalue weighted by Gasteiger charge is 2.09. The number of hydrogen-bond donors (Lipinski definition) is 2. The molecular weight excluding hydrogens is 360 g/mol. The van der Waals surface area contributed by atoms with E-state index in [0.29, 0.717) is 17.6 Å². The number of amides is 1. The fourth-order valence-corrected chi connectivity index (χ4v) is 3.18. The Hall–Kier alpha value is -2.80. The zero-order chi connectivity index (χ0) is 19.2. The molecule has 0 bridgehead atoms. The lowest BCUT2D eigenvalue weighted by Crippen LogP contribution is -2.14. The first-order valence-electron chi connectivity index (χ1n) is 8.59. The molecule has 0 spiro atoms. The molecule has 2 N–H and O–H groups in total. The molecule has 0 aliphatic heterocycles. The molecule has 0 saturated heterocycles. The monoisotopic (exact) mass is 382 g/mol. The molecule has 0 atom stereocenters. The van der Waals surface area contributed by atoms with Crippen molar-refractivity contribution in [3.8, 4) is 5.75 Å². The first-order chi connectivity index (χ1) is 13.0. The average Bonchev–Trinajstić information content (AvgIpc) is 3.06. The lowest BCUT2D eigenvalue weighted by Gasteiger charge is -2.06. The van der Waals surface area contributed by atoms with Crippen LogP contribution < -0.4 is 10.1 Å². The predicted molar refractivity (Wildman–Crippen MR) is 107 cm³/mol. The highest BCUT2D eigenvalue weighted by atomic mass is 32.2. The zero-order valence-electron chi connectivity index (χ0n) is 15.6. The van der Waals surface area contributed by atoms with Gasteiger partial charge in [-0.3, -0.25) is 9.89 Å². The molecule has 1 heterocycles. The normalized spacial score (nSPS) is 10.6. The molecule has 3 rings (SSSR count). The predicted octanol–water partition coefficient (Wildman–Crippen LogP) is 4.04. The Morgan fingerprint density at radius 3 is 2.48 bits per heavy atom. The molecule has 0 aliphatic carbocycles. The summed E-state index contributed by atoms with van der Waals surface area (Å²) >= 11 is 1.28. The molecule has 6 nitrogen and oxygen atoms in total. The fraction of sp³-hybridized carbons (Fsp3) is 0.250. The lowest BCUT2D eigenvalue weighted by molar-refractivity contribution is -0.113. The highest BCUT2D eigenvalue weighted by Crippen LogP contribution is 2.17. The van der Waals surface area contributed by atoms with Crippen LogP contribution in [0.2, 0.25) is 0 Å². The van der Waals surface area contributed by atoms with Gasteiger partial charge in [-0.2, -0.15) is 0 Å². The summed E-state index contributed by atoms with van der Waals surface area (Å²) in [5, 5.41) is 10.4. The van der Waals surface area contributed by atoms with Gasteiger partial charge in [-0.15, -0.1) is 5.10 Å². The molecule has 27 heavy (non-hydrogen) atoms. The van der Waals surface area contributed by atoms with Crippen LogP contribution in [0.15, 0.2) is 47.6 Å². The number of hydrogen-bond acceptors (Lipinski definition) is 5. The van der Waals surface area contributed by atoms with Gasteiger partial charge in [-0.05, 0) is 56.2 Å². The van der Waals surface area contributed by atoms with E-state index in [1.807, 2.05) is 57.2 Å². The summed E-state index contributed by atoms with van der Waals surface area (Å²) < 4.78 is 5.67. The molecule has 0 aliphatic rings. The standard InChI is InChI=1S/C20H22N4O2S/c1-13-4-6-17(7-5-13)26-11-18-22-20(24-23-18)27-12-19(25)21-16-9-14(2)8-15(3)10-16/h4-10H,11-12H2,1-3H3,(H,21,25)(H,22,23,24). The number of nitrogens with one attached hydrogen (secondary N) is 2. The lowest BCUT2D eigenvalue weighted by atomic mass is 10.1. The van der Waals surface area contributed by atoms with Crippen molar-refractivity contribution >= 4 is 23.4 Å². The van der Waals surface area contributed by atoms with Crippen molar-refractivity contribution in [1.29, 1.82) is 0 Å². The Kier molecular flexibility index (Phi) is 6.13. The first-order valence-corrected chi connectivity index (χ1v) is 9.58. The average molecular weight is 382 g/mol. The molecule has 7 heteroatoms. The minimum Gasteiger partial charge on any atom is -0.486 e. The molecule has 0 fully saturated rings. The second kappa shape index (κ2) is 8.73. The molecule has 0 saturated carbocycles. The number of nitrogens with zero attached hydrogens (tertiary/aromatic N) is 2. The van der Waals surface area contributed by atoms with Crippen LogP contribution in [0, 0.1) is 20.8 Å². The van der Waals surface area contributed by atoms with Gasteiger partial charge >= 0.3 is 0 Å². The van der Waals surface area contributed by atoms with Crippen LogP contribution in [0.3, 0.4) is 0 Å². The van der Waals surface area contributed by atoms with Crippen molar-refractivity contribution in [2.45, 2.75) is 32.5 Å². The van der Waals surface area contributed by atoms with E-state index in [0.717, 1.165) is 22.6 Å². The van der Waals surface area contributed by atoms with Crippen LogP contribution in [-0.2, 0) is 11.4 Å². The van der Waals surface area contributed by atoms with E-state index in [-0.39, 0.29) is 11.7 Å². The highest BCUT2D eigenvalue weighted by molar-refractivity contribution is 7.99. The maximum Gasteiger partial charge on any atom is 0.234 e. The van der Waals surface area contributed by atoms with Gasteiger partial charge in [-0.1, -0.05) is 35.5 Å². The van der Waals surface area contributed by atoms with Crippen molar-refractivity contribution in [3.05, 3.63) is 65.0 Å². The number of benzene rings is 2. The maximum atomic E-state index is 12.1. The minimum atomic E-state index is -0.0905. The van der Waals surface area contributed by atoms with Crippen molar-refractivity contribution in [1.82, 2.24) is 15.2 Å². The topological polar surface area (TPSA) is 79.9 Å². The molecule has 2 aromatic carbocycles. The van der Waals surface area contributed by atoms with Crippen molar-refractivity contribution in [2.24, 2.45) is 0 Å². The number of anilines is 1. The number of ether oxygens (including phenoxy) is 1. The number of H-pyrrole nitrogens is 1. The molecule has 0 radical (unpaired) electrons. The van der Waals surface area contributed by atoms with Gasteiger partial charge in [0.15, 0.2) is 5.82 Å². The molecule has 0 unspecified atom stereocenters. The number of thioether (sulfide) groups is 1. The molecule has 140 valence electrons. The van der Waals surface area contributed by atoms with E-state index in [1.54, 1.807) is 0 Å². The van der Waals surface area contributed by atoms with E-state index in [2.05, 4.69) is 26.6 Å². The fourth-order valence-electron chi connectivity index (χ4n) is 2.57. The van der Waals surface area contributed by atoms with Gasteiger partial charge in [0, 0.05) is 5.69 Å². The van der Waals surface area contributed by atoms with Crippen molar-refractivity contribution < 1.29 is 9.53 Å². The number of carbonyl (C=O) groups excluding carboxylic acids is 1. The zero-order valence-corrected chi connectivity index (χ0v) is 16.4. The van der Waals surface area contributed by atoms with Gasteiger partial charge in [0.25, 0.3) is 0 Å². The van der Waals surface area contributed by atoms with Gasteiger partial charge in [0.2, 0.25) is 11.1 Å². The second-order valence-electron chi connectivity index (χ2n) is 6.38. The van der Waals surface area contributed by atoms with Gasteiger partial charge in [0.1, 0.15) is 12.4 Å². The molecule has 1 amide bonds. The van der Waals surface area contributed by atoms with Crippen molar-refractivity contribution in [3.63, 3.8) is 0 Å². The van der Waals surface area contributed by atoms with E-state index >= 15 is 0 Å². The third-order valence-corrected chi connectivity index (χ3v) is 4.59. The summed E-state index contributed by atoms with van der Waals surface area (Å²) in [7, 11) is 0. The molecular formula is C20H22N4O2S. The second-order valence-corrected chi connectivity index (χ2v) is 7.32. The van der Waals surface area contributed by atoms with Crippen LogP contribution in [0.4, 0.5) is 5.69 Å². The van der Waals surface area contributed by atoms with Crippen LogP contribution in [-0.4, -0.2) is 26.8 Å². The molecule has 1 aromatic heterocycles. The SMILES string of the molecule is Cc1ccc(OCc2nc(SCC(=O)Nc3cc(C)cc(C)c3)n[nH]2)cc1. The third-order valence-electron chi connectivity index (χ3n) is 3.75. The Balaban J connectivity index is 1.47. The summed E-state index contributed by atoms with van der Waals surface area (Å²) in [6, 6.07) is 13.8. The summed E-state index contributed by atoms with van der Waals surface area (Å²) in [5.74, 6) is 1.54. The number of aryl methyl sites for hydroxylation is 3. The van der Waals surface area contributed by atoms with Crippen LogP contribution in [0.5, 0.6) is 5.75 Å². The smallest absolute Gasteiger partial charge is 0.234 e. The van der Waals surface area contributed by atoms with Crippen LogP contribution in [0.1, 0.15) is 22.5 Å². The number of aromatic amines is 1. The van der Waals surface area contributed by atoms with Crippen LogP contribution in [0.25, 0.3) is 0 Å². The van der Waals surface area contributed by atoms with Gasteiger partial charge in [-0.25, -0.2) is 4.98 Å². The minimum absolute atomic E-state index is 0.0905. The Bertz CT molecular complexity index is 902.